The average molecular weight is 543 g/mol. The van der Waals surface area contributed by atoms with Gasteiger partial charge in [-0.05, 0) is 91.9 Å². The highest BCUT2D eigenvalue weighted by Gasteiger charge is 1.96. The lowest BCUT2D eigenvalue weighted by Crippen LogP contribution is -1.87. The smallest absolute Gasteiger partial charge is 0.0285 e. The van der Waals surface area contributed by atoms with Gasteiger partial charge in [-0.3, -0.25) is 0 Å². The topological polar surface area (TPSA) is 0 Å². The highest BCUT2D eigenvalue weighted by molar-refractivity contribution is 5.31. The molecule has 0 aromatic rings. The summed E-state index contributed by atoms with van der Waals surface area (Å²) in [5.74, 6) is 1.61. The fourth-order valence-electron chi connectivity index (χ4n) is 4.05. The van der Waals surface area contributed by atoms with Crippen LogP contribution in [0.25, 0.3) is 0 Å². The molecule has 0 spiro atoms. The standard InChI is InChI=1S/C40H62/c1-33(2)19-13-23-37(7)27-17-31-39(9)29-15-25-35(5)21-11-12-22-36(6)26-16-30-40(10)32-18-28-38(8)24-14-20-34(3)4/h11-12,15-17,21-22,25-31,33-34H,13-14,18-20,23-24,32H2,1-10H3/b12-11+,25-15+,26-16+,31-17+,35-21+,36-22-,37-27+,38-28+,39-29+,40-30+. The fraction of sp³-hybridized carbons (Fsp3) is 0.500. The molecule has 0 nitrogen and oxygen atoms in total. The molecule has 0 radical (unpaired) electrons. The van der Waals surface area contributed by atoms with Crippen LogP contribution in [0.4, 0.5) is 0 Å². The Morgan fingerprint density at radius 3 is 1.27 bits per heavy atom. The first kappa shape index (κ1) is 37.4. The molecule has 0 N–H and O–H groups in total. The fourth-order valence-corrected chi connectivity index (χ4v) is 4.05. The Hall–Kier alpha value is -2.60. The zero-order valence-corrected chi connectivity index (χ0v) is 27.9. The summed E-state index contributed by atoms with van der Waals surface area (Å²) in [6.45, 7) is 22.4. The first-order chi connectivity index (χ1) is 19.0. The van der Waals surface area contributed by atoms with Gasteiger partial charge in [0.1, 0.15) is 0 Å². The highest BCUT2D eigenvalue weighted by atomic mass is 14.0. The first-order valence-corrected chi connectivity index (χ1v) is 15.7. The molecule has 0 fully saturated rings. The van der Waals surface area contributed by atoms with Gasteiger partial charge in [0.2, 0.25) is 0 Å². The lowest BCUT2D eigenvalue weighted by Gasteiger charge is -2.05. The molecule has 0 heteroatoms. The Morgan fingerprint density at radius 2 is 0.825 bits per heavy atom. The monoisotopic (exact) mass is 542 g/mol. The number of hydrogen-bond donors (Lipinski definition) is 0. The van der Waals surface area contributed by atoms with Crippen LogP contribution in [-0.4, -0.2) is 0 Å². The number of allylic oxidation sites excluding steroid dienone is 20. The van der Waals surface area contributed by atoms with Crippen molar-refractivity contribution in [1.29, 1.82) is 0 Å². The summed E-state index contributed by atoms with van der Waals surface area (Å²) >= 11 is 0. The van der Waals surface area contributed by atoms with Crippen molar-refractivity contribution in [2.75, 3.05) is 0 Å². The maximum Gasteiger partial charge on any atom is -0.0285 e. The molecule has 0 aliphatic heterocycles. The van der Waals surface area contributed by atoms with Gasteiger partial charge in [-0.25, -0.2) is 0 Å². The molecule has 0 aromatic carbocycles. The van der Waals surface area contributed by atoms with Crippen molar-refractivity contribution in [2.24, 2.45) is 11.8 Å². The molecule has 222 valence electrons. The van der Waals surface area contributed by atoms with Gasteiger partial charge >= 0.3 is 0 Å². The molecular weight excluding hydrogens is 480 g/mol. The maximum absolute atomic E-state index is 2.42. The zero-order valence-electron chi connectivity index (χ0n) is 27.9. The summed E-state index contributed by atoms with van der Waals surface area (Å²) in [7, 11) is 0. The van der Waals surface area contributed by atoms with Gasteiger partial charge in [0.15, 0.2) is 0 Å². The second-order valence-corrected chi connectivity index (χ2v) is 12.4. The van der Waals surface area contributed by atoms with E-state index in [-0.39, 0.29) is 0 Å². The quantitative estimate of drug-likeness (QED) is 0.112. The minimum absolute atomic E-state index is 0.796. The van der Waals surface area contributed by atoms with E-state index in [1.54, 1.807) is 5.57 Å². The Balaban J connectivity index is 4.55. The third-order valence-electron chi connectivity index (χ3n) is 6.76. The molecule has 0 atom stereocenters. The predicted octanol–water partition coefficient (Wildman–Crippen LogP) is 13.3. The maximum atomic E-state index is 2.42. The van der Waals surface area contributed by atoms with Gasteiger partial charge in [-0.2, -0.15) is 0 Å². The summed E-state index contributed by atoms with van der Waals surface area (Å²) in [5, 5.41) is 0. The van der Waals surface area contributed by atoms with Crippen molar-refractivity contribution in [3.05, 3.63) is 119 Å². The second-order valence-electron chi connectivity index (χ2n) is 12.4. The molecule has 0 aliphatic carbocycles. The average Bonchev–Trinajstić information content (AvgIpc) is 2.86. The van der Waals surface area contributed by atoms with Crippen LogP contribution in [0.2, 0.25) is 0 Å². The molecule has 0 aliphatic rings. The summed E-state index contributed by atoms with van der Waals surface area (Å²) in [5.41, 5.74) is 8.16. The minimum Gasteiger partial charge on any atom is -0.0853 e. The Kier molecular flexibility index (Phi) is 22.6. The largest absolute Gasteiger partial charge is 0.0853 e. The van der Waals surface area contributed by atoms with E-state index in [0.717, 1.165) is 24.7 Å². The van der Waals surface area contributed by atoms with Crippen molar-refractivity contribution < 1.29 is 0 Å². The molecule has 0 saturated carbocycles. The molecule has 0 rings (SSSR count). The van der Waals surface area contributed by atoms with E-state index in [1.807, 2.05) is 0 Å². The first-order valence-electron chi connectivity index (χ1n) is 15.7. The van der Waals surface area contributed by atoms with Gasteiger partial charge in [-0.1, -0.05) is 159 Å². The van der Waals surface area contributed by atoms with Crippen LogP contribution in [0.15, 0.2) is 119 Å². The highest BCUT2D eigenvalue weighted by Crippen LogP contribution is 2.14. The van der Waals surface area contributed by atoms with Crippen molar-refractivity contribution in [2.45, 2.75) is 121 Å². The SMILES string of the molecule is CC(=C/C=C/C=C(C)/C=C/C=C(C)/C=C/C=C(\C)CCCC(C)C)/C=C/C=C(\C)CC/C=C(\C)CCCC(C)C. The van der Waals surface area contributed by atoms with Crippen molar-refractivity contribution in [3.8, 4) is 0 Å². The van der Waals surface area contributed by atoms with Crippen LogP contribution in [-0.2, 0) is 0 Å². The van der Waals surface area contributed by atoms with Crippen molar-refractivity contribution in [3.63, 3.8) is 0 Å². The van der Waals surface area contributed by atoms with Crippen LogP contribution in [0.1, 0.15) is 121 Å². The van der Waals surface area contributed by atoms with E-state index in [0.29, 0.717) is 0 Å². The second kappa shape index (κ2) is 24.2. The lowest BCUT2D eigenvalue weighted by molar-refractivity contribution is 0.554. The van der Waals surface area contributed by atoms with E-state index in [1.165, 1.54) is 66.4 Å². The number of rotatable bonds is 19. The molecule has 0 unspecified atom stereocenters. The van der Waals surface area contributed by atoms with E-state index < -0.39 is 0 Å². The molecule has 0 heterocycles. The van der Waals surface area contributed by atoms with Crippen LogP contribution in [0.5, 0.6) is 0 Å². The third kappa shape index (κ3) is 25.7. The van der Waals surface area contributed by atoms with Crippen LogP contribution < -0.4 is 0 Å². The third-order valence-corrected chi connectivity index (χ3v) is 6.76. The van der Waals surface area contributed by atoms with Gasteiger partial charge in [-0.15, -0.1) is 0 Å². The van der Waals surface area contributed by atoms with Gasteiger partial charge in [0.05, 0.1) is 0 Å². The van der Waals surface area contributed by atoms with Crippen LogP contribution >= 0.6 is 0 Å². The van der Waals surface area contributed by atoms with E-state index in [9.17, 15) is 0 Å². The molecule has 0 aromatic heterocycles. The minimum atomic E-state index is 0.796. The predicted molar refractivity (Wildman–Crippen MR) is 186 cm³/mol. The Bertz CT molecular complexity index is 987. The normalized spacial score (nSPS) is 15.5. The van der Waals surface area contributed by atoms with Crippen LogP contribution in [0, 0.1) is 11.8 Å². The number of hydrogen-bond acceptors (Lipinski definition) is 0. The van der Waals surface area contributed by atoms with Gasteiger partial charge < -0.3 is 0 Å². The van der Waals surface area contributed by atoms with E-state index in [4.69, 9.17) is 0 Å². The van der Waals surface area contributed by atoms with Crippen molar-refractivity contribution >= 4 is 0 Å². The molecule has 40 heavy (non-hydrogen) atoms. The van der Waals surface area contributed by atoms with Crippen molar-refractivity contribution in [1.82, 2.24) is 0 Å². The zero-order chi connectivity index (χ0) is 30.2. The molecule has 0 bridgehead atoms. The van der Waals surface area contributed by atoms with Crippen LogP contribution in [0.3, 0.4) is 0 Å². The summed E-state index contributed by atoms with van der Waals surface area (Å²) in [6.07, 6.45) is 40.5. The lowest BCUT2D eigenvalue weighted by atomic mass is 10.0. The van der Waals surface area contributed by atoms with E-state index in [2.05, 4.69) is 154 Å². The molecule has 0 amide bonds. The van der Waals surface area contributed by atoms with E-state index >= 15 is 0 Å². The summed E-state index contributed by atoms with van der Waals surface area (Å²) in [6, 6.07) is 0. The van der Waals surface area contributed by atoms with Gasteiger partial charge in [0, 0.05) is 0 Å². The summed E-state index contributed by atoms with van der Waals surface area (Å²) in [4.78, 5) is 0. The summed E-state index contributed by atoms with van der Waals surface area (Å²) < 4.78 is 0. The molecule has 0 saturated heterocycles. The Morgan fingerprint density at radius 1 is 0.450 bits per heavy atom. The van der Waals surface area contributed by atoms with Gasteiger partial charge in [0.25, 0.3) is 0 Å². The Labute approximate surface area is 250 Å². The molecular formula is C40H62.